The van der Waals surface area contributed by atoms with Crippen LogP contribution in [0.4, 0.5) is 4.39 Å². The highest BCUT2D eigenvalue weighted by Crippen LogP contribution is 2.32. The summed E-state index contributed by atoms with van der Waals surface area (Å²) in [5.41, 5.74) is 0.634. The maximum absolute atomic E-state index is 13.9. The highest BCUT2D eigenvalue weighted by atomic mass is 35.5. The van der Waals surface area contributed by atoms with E-state index in [1.807, 2.05) is 24.3 Å². The Balaban J connectivity index is 1.40. The van der Waals surface area contributed by atoms with Crippen LogP contribution in [0, 0.1) is 5.92 Å². The van der Waals surface area contributed by atoms with Crippen LogP contribution in [0.1, 0.15) is 6.42 Å². The minimum absolute atomic E-state index is 0.00651. The van der Waals surface area contributed by atoms with E-state index in [4.69, 9.17) is 16.7 Å². The molecule has 0 aromatic carbocycles. The third kappa shape index (κ3) is 4.90. The van der Waals surface area contributed by atoms with Crippen LogP contribution in [0.2, 0.25) is 0 Å². The maximum Gasteiger partial charge on any atom is 0.251 e. The molecule has 166 valence electrons. The molecule has 1 amide bonds. The zero-order valence-electron chi connectivity index (χ0n) is 16.9. The van der Waals surface area contributed by atoms with Gasteiger partial charge in [-0.1, -0.05) is 29.8 Å². The molecule has 4 unspecified atom stereocenters. The van der Waals surface area contributed by atoms with Crippen LogP contribution < -0.4 is 21.3 Å². The summed E-state index contributed by atoms with van der Waals surface area (Å²) in [6.45, 7) is 1.64. The summed E-state index contributed by atoms with van der Waals surface area (Å²) in [4.78, 5) is 13.0. The molecule has 0 aromatic heterocycles. The Bertz CT molecular complexity index is 896. The van der Waals surface area contributed by atoms with Gasteiger partial charge in [-0.25, -0.2) is 4.39 Å². The molecule has 0 saturated carbocycles. The molecule has 4 aliphatic rings. The summed E-state index contributed by atoms with van der Waals surface area (Å²) in [5.74, 6) is -0.389. The Morgan fingerprint density at radius 1 is 1.39 bits per heavy atom. The molecule has 1 aliphatic carbocycles. The predicted octanol–water partition coefficient (Wildman–Crippen LogP) is 0.576. The normalized spacial score (nSPS) is 29.5. The number of hydrazone groups is 1. The fraction of sp³-hybridized carbons (Fsp3) is 0.429. The summed E-state index contributed by atoms with van der Waals surface area (Å²) in [6, 6.07) is -0.511. The van der Waals surface area contributed by atoms with Crippen molar-refractivity contribution in [3.05, 3.63) is 59.2 Å². The molecule has 1 saturated heterocycles. The number of allylic oxidation sites excluding steroid dienone is 7. The molecule has 0 spiro atoms. The molecule has 4 atom stereocenters. The zero-order chi connectivity index (χ0) is 21.8. The van der Waals surface area contributed by atoms with Gasteiger partial charge in [0.2, 0.25) is 0 Å². The SMILES string of the molecule is O=C(NC1=CC=CC(CNCCO)N1)C1CNC2C=CC(C3CC=CC(F)=C3Cl)=NN21. The van der Waals surface area contributed by atoms with Crippen LogP contribution in [0.3, 0.4) is 0 Å². The van der Waals surface area contributed by atoms with Crippen LogP contribution >= 0.6 is 11.6 Å². The predicted molar refractivity (Wildman–Crippen MR) is 117 cm³/mol. The number of halogens is 2. The molecule has 8 nitrogen and oxygen atoms in total. The number of hydrogen-bond donors (Lipinski definition) is 5. The molecular weight excluding hydrogens is 423 g/mol. The smallest absolute Gasteiger partial charge is 0.251 e. The van der Waals surface area contributed by atoms with E-state index in [2.05, 4.69) is 26.4 Å². The minimum atomic E-state index is -0.517. The first-order valence-corrected chi connectivity index (χ1v) is 10.7. The second-order valence-electron chi connectivity index (χ2n) is 7.65. The second-order valence-corrected chi connectivity index (χ2v) is 8.06. The summed E-state index contributed by atoms with van der Waals surface area (Å²) < 4.78 is 13.9. The zero-order valence-corrected chi connectivity index (χ0v) is 17.6. The number of rotatable bonds is 7. The first-order valence-electron chi connectivity index (χ1n) is 10.3. The van der Waals surface area contributed by atoms with Crippen molar-refractivity contribution >= 4 is 23.2 Å². The fourth-order valence-corrected chi connectivity index (χ4v) is 4.16. The first-order chi connectivity index (χ1) is 15.1. The molecule has 31 heavy (non-hydrogen) atoms. The quantitative estimate of drug-likeness (QED) is 0.365. The summed E-state index contributed by atoms with van der Waals surface area (Å²) in [5, 5.41) is 27.9. The van der Waals surface area contributed by atoms with Crippen molar-refractivity contribution < 1.29 is 14.3 Å². The number of nitrogens with zero attached hydrogens (tertiary/aromatic N) is 2. The number of dihydropyridines is 1. The maximum atomic E-state index is 13.9. The molecule has 10 heteroatoms. The molecular formula is C21H26ClFN6O2. The van der Waals surface area contributed by atoms with E-state index in [9.17, 15) is 9.18 Å². The van der Waals surface area contributed by atoms with E-state index in [0.29, 0.717) is 37.6 Å². The largest absolute Gasteiger partial charge is 0.395 e. The van der Waals surface area contributed by atoms with Crippen molar-refractivity contribution in [2.24, 2.45) is 11.0 Å². The molecule has 3 aliphatic heterocycles. The Hall–Kier alpha value is -2.46. The number of fused-ring (bicyclic) bond motifs is 1. The average molecular weight is 449 g/mol. The molecule has 0 radical (unpaired) electrons. The van der Waals surface area contributed by atoms with Crippen LogP contribution in [0.25, 0.3) is 0 Å². The lowest BCUT2D eigenvalue weighted by atomic mass is 9.93. The van der Waals surface area contributed by atoms with Crippen LogP contribution in [-0.4, -0.2) is 66.2 Å². The highest BCUT2D eigenvalue weighted by Gasteiger charge is 2.39. The topological polar surface area (TPSA) is 101 Å². The average Bonchev–Trinajstić information content (AvgIpc) is 3.19. The Labute approximate surface area is 185 Å². The number of aliphatic hydroxyl groups is 1. The number of hydrogen-bond acceptors (Lipinski definition) is 7. The van der Waals surface area contributed by atoms with Gasteiger partial charge < -0.3 is 21.1 Å². The lowest BCUT2D eigenvalue weighted by molar-refractivity contribution is -0.124. The minimum Gasteiger partial charge on any atom is -0.395 e. The number of aliphatic hydroxyl groups excluding tert-OH is 1. The number of carbonyl (C=O) groups is 1. The van der Waals surface area contributed by atoms with Crippen molar-refractivity contribution in [2.75, 3.05) is 26.2 Å². The highest BCUT2D eigenvalue weighted by molar-refractivity contribution is 6.32. The number of nitrogens with one attached hydrogen (secondary N) is 4. The standard InChI is InChI=1S/C21H26ClFN6O2/c22-20-14(4-2-5-15(20)23)16-7-8-19-25-12-17(29(19)28-16)21(31)27-18-6-1-3-13(26-18)11-24-9-10-30/h1-3,5-8,13-14,17,19,24-26,30H,4,9-12H2,(H,27,31). The van der Waals surface area contributed by atoms with Gasteiger partial charge in [0.1, 0.15) is 23.9 Å². The van der Waals surface area contributed by atoms with Gasteiger partial charge >= 0.3 is 0 Å². The second kappa shape index (κ2) is 9.78. The summed E-state index contributed by atoms with van der Waals surface area (Å²) >= 11 is 6.18. The van der Waals surface area contributed by atoms with E-state index in [-0.39, 0.29) is 35.7 Å². The van der Waals surface area contributed by atoms with Crippen molar-refractivity contribution in [2.45, 2.75) is 24.7 Å². The van der Waals surface area contributed by atoms with Crippen LogP contribution in [0.15, 0.2) is 64.3 Å². The Morgan fingerprint density at radius 3 is 3.10 bits per heavy atom. The summed E-state index contributed by atoms with van der Waals surface area (Å²) in [6.07, 6.45) is 12.9. The lowest BCUT2D eigenvalue weighted by Gasteiger charge is -2.30. The molecule has 0 bridgehead atoms. The summed E-state index contributed by atoms with van der Waals surface area (Å²) in [7, 11) is 0. The van der Waals surface area contributed by atoms with Crippen molar-refractivity contribution in [3.63, 3.8) is 0 Å². The molecule has 3 heterocycles. The third-order valence-corrected chi connectivity index (χ3v) is 5.94. The van der Waals surface area contributed by atoms with Gasteiger partial charge in [-0.2, -0.15) is 5.10 Å². The van der Waals surface area contributed by atoms with E-state index in [1.165, 1.54) is 6.08 Å². The van der Waals surface area contributed by atoms with Gasteiger partial charge in [-0.15, -0.1) is 0 Å². The van der Waals surface area contributed by atoms with E-state index in [0.717, 1.165) is 0 Å². The lowest BCUT2D eigenvalue weighted by Crippen LogP contribution is -2.49. The first kappa shape index (κ1) is 21.8. The molecule has 1 fully saturated rings. The van der Waals surface area contributed by atoms with Gasteiger partial charge in [0, 0.05) is 25.6 Å². The Kier molecular flexibility index (Phi) is 6.86. The van der Waals surface area contributed by atoms with Crippen molar-refractivity contribution in [3.8, 4) is 0 Å². The Morgan fingerprint density at radius 2 is 2.26 bits per heavy atom. The number of carbonyl (C=O) groups excluding carboxylic acids is 1. The molecule has 4 rings (SSSR count). The van der Waals surface area contributed by atoms with Crippen LogP contribution in [0.5, 0.6) is 0 Å². The van der Waals surface area contributed by atoms with Gasteiger partial charge in [0.15, 0.2) is 0 Å². The third-order valence-electron chi connectivity index (χ3n) is 5.49. The van der Waals surface area contributed by atoms with Gasteiger partial charge in [-0.05, 0) is 30.7 Å². The van der Waals surface area contributed by atoms with Gasteiger partial charge in [-0.3, -0.25) is 15.1 Å². The van der Waals surface area contributed by atoms with Crippen LogP contribution in [-0.2, 0) is 4.79 Å². The fourth-order valence-electron chi connectivity index (χ4n) is 3.90. The van der Waals surface area contributed by atoms with E-state index >= 15 is 0 Å². The van der Waals surface area contributed by atoms with Crippen molar-refractivity contribution in [1.29, 1.82) is 0 Å². The molecule has 0 aromatic rings. The monoisotopic (exact) mass is 448 g/mol. The van der Waals surface area contributed by atoms with Gasteiger partial charge in [0.25, 0.3) is 5.91 Å². The van der Waals surface area contributed by atoms with E-state index in [1.54, 1.807) is 17.2 Å². The van der Waals surface area contributed by atoms with Crippen molar-refractivity contribution in [1.82, 2.24) is 26.3 Å². The molecule has 5 N–H and O–H groups in total. The number of amides is 1. The van der Waals surface area contributed by atoms with E-state index < -0.39 is 11.9 Å². The van der Waals surface area contributed by atoms with Gasteiger partial charge in [0.05, 0.1) is 23.4 Å².